The van der Waals surface area contributed by atoms with Crippen LogP contribution in [-0.2, 0) is 0 Å². The number of anilines is 1. The number of hydrazone groups is 1. The lowest BCUT2D eigenvalue weighted by Crippen LogP contribution is -1.90. The Morgan fingerprint density at radius 1 is 1.05 bits per heavy atom. The predicted molar refractivity (Wildman–Crippen MR) is 89.9 cm³/mol. The van der Waals surface area contributed by atoms with Gasteiger partial charge in [0.05, 0.1) is 11.9 Å². The first kappa shape index (κ1) is 13.5. The molecule has 4 heteroatoms. The van der Waals surface area contributed by atoms with Crippen molar-refractivity contribution in [3.8, 4) is 11.3 Å². The second kappa shape index (κ2) is 6.33. The van der Waals surface area contributed by atoms with Crippen LogP contribution >= 0.6 is 11.3 Å². The molecule has 0 saturated carbocycles. The molecule has 2 aromatic carbocycles. The number of hydrogen-bond acceptors (Lipinski definition) is 4. The Morgan fingerprint density at radius 3 is 2.57 bits per heavy atom. The summed E-state index contributed by atoms with van der Waals surface area (Å²) >= 11 is 1.55. The van der Waals surface area contributed by atoms with Gasteiger partial charge in [-0.3, -0.25) is 5.43 Å². The maximum Gasteiger partial charge on any atom is 0.203 e. The highest BCUT2D eigenvalue weighted by atomic mass is 32.1. The molecule has 0 aliphatic carbocycles. The third-order valence-corrected chi connectivity index (χ3v) is 3.77. The Bertz CT molecular complexity index is 730. The summed E-state index contributed by atoms with van der Waals surface area (Å²) in [6.45, 7) is 2.07. The monoisotopic (exact) mass is 293 g/mol. The molecule has 0 fully saturated rings. The Morgan fingerprint density at radius 2 is 1.81 bits per heavy atom. The van der Waals surface area contributed by atoms with Crippen LogP contribution in [0.25, 0.3) is 11.3 Å². The van der Waals surface area contributed by atoms with E-state index in [1.165, 1.54) is 5.56 Å². The lowest BCUT2D eigenvalue weighted by atomic mass is 10.2. The molecule has 0 unspecified atom stereocenters. The number of thiazole rings is 1. The van der Waals surface area contributed by atoms with Crippen molar-refractivity contribution in [3.63, 3.8) is 0 Å². The van der Waals surface area contributed by atoms with Gasteiger partial charge in [-0.05, 0) is 12.5 Å². The van der Waals surface area contributed by atoms with Crippen LogP contribution in [0, 0.1) is 6.92 Å². The largest absolute Gasteiger partial charge is 0.253 e. The molecule has 3 rings (SSSR count). The van der Waals surface area contributed by atoms with E-state index >= 15 is 0 Å². The van der Waals surface area contributed by atoms with Crippen molar-refractivity contribution in [1.29, 1.82) is 0 Å². The lowest BCUT2D eigenvalue weighted by molar-refractivity contribution is 1.29. The van der Waals surface area contributed by atoms with E-state index < -0.39 is 0 Å². The first-order valence-electron chi connectivity index (χ1n) is 6.68. The quantitative estimate of drug-likeness (QED) is 0.565. The molecule has 0 saturated heterocycles. The summed E-state index contributed by atoms with van der Waals surface area (Å²) in [4.78, 5) is 4.52. The Kier molecular flexibility index (Phi) is 4.07. The zero-order valence-corrected chi connectivity index (χ0v) is 12.5. The van der Waals surface area contributed by atoms with E-state index in [1.807, 2.05) is 35.7 Å². The van der Waals surface area contributed by atoms with Crippen LogP contribution in [0.15, 0.2) is 65.1 Å². The van der Waals surface area contributed by atoms with Gasteiger partial charge >= 0.3 is 0 Å². The Balaban J connectivity index is 1.66. The van der Waals surface area contributed by atoms with E-state index in [0.717, 1.165) is 22.0 Å². The number of aryl methyl sites for hydroxylation is 1. The molecule has 3 aromatic rings. The minimum Gasteiger partial charge on any atom is -0.253 e. The van der Waals surface area contributed by atoms with Crippen molar-refractivity contribution in [2.45, 2.75) is 6.92 Å². The second-order valence-corrected chi connectivity index (χ2v) is 5.54. The lowest BCUT2D eigenvalue weighted by Gasteiger charge is -1.96. The summed E-state index contributed by atoms with van der Waals surface area (Å²) in [5, 5.41) is 7.04. The van der Waals surface area contributed by atoms with E-state index in [9.17, 15) is 0 Å². The molecule has 0 spiro atoms. The van der Waals surface area contributed by atoms with Crippen molar-refractivity contribution in [2.24, 2.45) is 5.10 Å². The zero-order chi connectivity index (χ0) is 14.5. The summed E-state index contributed by atoms with van der Waals surface area (Å²) in [7, 11) is 0. The molecule has 0 aliphatic rings. The molecule has 1 heterocycles. The smallest absolute Gasteiger partial charge is 0.203 e. The number of nitrogens with zero attached hydrogens (tertiary/aromatic N) is 2. The van der Waals surface area contributed by atoms with Gasteiger partial charge in [-0.2, -0.15) is 5.10 Å². The van der Waals surface area contributed by atoms with Crippen molar-refractivity contribution in [3.05, 3.63) is 71.1 Å². The van der Waals surface area contributed by atoms with Gasteiger partial charge in [0.15, 0.2) is 0 Å². The van der Waals surface area contributed by atoms with Crippen molar-refractivity contribution >= 4 is 22.7 Å². The van der Waals surface area contributed by atoms with Gasteiger partial charge in [0.25, 0.3) is 0 Å². The highest BCUT2D eigenvalue weighted by Crippen LogP contribution is 2.24. The van der Waals surface area contributed by atoms with Crippen LogP contribution in [0.1, 0.15) is 11.1 Å². The average molecular weight is 293 g/mol. The highest BCUT2D eigenvalue weighted by Gasteiger charge is 2.02. The Labute approximate surface area is 128 Å². The second-order valence-electron chi connectivity index (χ2n) is 4.68. The molecule has 0 bridgehead atoms. The van der Waals surface area contributed by atoms with Gasteiger partial charge in [-0.25, -0.2) is 4.98 Å². The van der Waals surface area contributed by atoms with Crippen LogP contribution < -0.4 is 5.43 Å². The van der Waals surface area contributed by atoms with Crippen LogP contribution in [0.4, 0.5) is 5.13 Å². The minimum atomic E-state index is 0.789. The van der Waals surface area contributed by atoms with Crippen LogP contribution in [0.2, 0.25) is 0 Å². The number of nitrogens with one attached hydrogen (secondary N) is 1. The van der Waals surface area contributed by atoms with Gasteiger partial charge in [0.1, 0.15) is 0 Å². The van der Waals surface area contributed by atoms with Gasteiger partial charge in [-0.15, -0.1) is 11.3 Å². The fourth-order valence-corrected chi connectivity index (χ4v) is 2.55. The van der Waals surface area contributed by atoms with E-state index in [2.05, 4.69) is 46.7 Å². The average Bonchev–Trinajstić information content (AvgIpc) is 2.99. The standard InChI is InChI=1S/C17H15N3S/c1-13-7-9-14(10-8-13)11-18-20-17-19-16(12-21-17)15-5-3-2-4-6-15/h2-12H,1H3,(H,19,20)/b18-11+. The molecule has 1 aromatic heterocycles. The highest BCUT2D eigenvalue weighted by molar-refractivity contribution is 7.14. The summed E-state index contributed by atoms with van der Waals surface area (Å²) in [5.41, 5.74) is 7.36. The summed E-state index contributed by atoms with van der Waals surface area (Å²) in [6, 6.07) is 18.3. The normalized spacial score (nSPS) is 10.9. The van der Waals surface area contributed by atoms with Gasteiger partial charge < -0.3 is 0 Å². The summed E-state index contributed by atoms with van der Waals surface area (Å²) in [6.07, 6.45) is 1.79. The van der Waals surface area contributed by atoms with Crippen LogP contribution in [0.3, 0.4) is 0 Å². The third kappa shape index (κ3) is 3.55. The molecular formula is C17H15N3S. The van der Waals surface area contributed by atoms with Gasteiger partial charge in [0, 0.05) is 10.9 Å². The number of aromatic nitrogens is 1. The molecule has 0 aliphatic heterocycles. The Hall–Kier alpha value is -2.46. The number of hydrogen-bond donors (Lipinski definition) is 1. The first-order valence-corrected chi connectivity index (χ1v) is 7.56. The summed E-state index contributed by atoms with van der Waals surface area (Å²) in [5.74, 6) is 0. The maximum absolute atomic E-state index is 4.52. The predicted octanol–water partition coefficient (Wildman–Crippen LogP) is 4.56. The van der Waals surface area contributed by atoms with Gasteiger partial charge in [0.2, 0.25) is 5.13 Å². The van der Waals surface area contributed by atoms with Crippen LogP contribution in [0.5, 0.6) is 0 Å². The fourth-order valence-electron chi connectivity index (χ4n) is 1.88. The SMILES string of the molecule is Cc1ccc(/C=N/Nc2nc(-c3ccccc3)cs2)cc1. The molecule has 21 heavy (non-hydrogen) atoms. The van der Waals surface area contributed by atoms with Crippen LogP contribution in [-0.4, -0.2) is 11.2 Å². The molecule has 0 amide bonds. The molecule has 0 radical (unpaired) electrons. The zero-order valence-electron chi connectivity index (χ0n) is 11.7. The number of benzene rings is 2. The van der Waals surface area contributed by atoms with Crippen molar-refractivity contribution in [2.75, 3.05) is 5.43 Å². The fraction of sp³-hybridized carbons (Fsp3) is 0.0588. The molecule has 1 N–H and O–H groups in total. The van der Waals surface area contributed by atoms with E-state index in [4.69, 9.17) is 0 Å². The number of rotatable bonds is 4. The van der Waals surface area contributed by atoms with E-state index in [0.29, 0.717) is 0 Å². The topological polar surface area (TPSA) is 37.3 Å². The van der Waals surface area contributed by atoms with Crippen molar-refractivity contribution in [1.82, 2.24) is 4.98 Å². The van der Waals surface area contributed by atoms with Gasteiger partial charge in [-0.1, -0.05) is 60.2 Å². The minimum absolute atomic E-state index is 0.789. The molecule has 104 valence electrons. The van der Waals surface area contributed by atoms with E-state index in [1.54, 1.807) is 17.6 Å². The summed E-state index contributed by atoms with van der Waals surface area (Å²) < 4.78 is 0. The van der Waals surface area contributed by atoms with E-state index in [-0.39, 0.29) is 0 Å². The first-order chi connectivity index (χ1) is 10.3. The maximum atomic E-state index is 4.52. The molecular weight excluding hydrogens is 278 g/mol. The molecule has 3 nitrogen and oxygen atoms in total. The third-order valence-electron chi connectivity index (χ3n) is 3.02. The van der Waals surface area contributed by atoms with Crippen molar-refractivity contribution < 1.29 is 0 Å². The molecule has 0 atom stereocenters.